The van der Waals surface area contributed by atoms with Crippen LogP contribution in [0, 0.1) is 0 Å². The van der Waals surface area contributed by atoms with Crippen molar-refractivity contribution < 1.29 is 13.2 Å². The van der Waals surface area contributed by atoms with Gasteiger partial charge in [-0.1, -0.05) is 22.9 Å². The molecule has 0 atom stereocenters. The molecular formula is C7H16BrNO3S. The molecule has 4 nitrogen and oxygen atoms in total. The van der Waals surface area contributed by atoms with Crippen molar-refractivity contribution in [2.24, 2.45) is 0 Å². The van der Waals surface area contributed by atoms with Crippen LogP contribution in [0.3, 0.4) is 0 Å². The Labute approximate surface area is 88.2 Å². The van der Waals surface area contributed by atoms with Crippen LogP contribution in [-0.2, 0) is 14.8 Å². The van der Waals surface area contributed by atoms with E-state index in [2.05, 4.69) is 20.7 Å². The Kier molecular flexibility index (Phi) is 7.93. The Morgan fingerprint density at radius 2 is 2.08 bits per heavy atom. The molecule has 0 aromatic heterocycles. The topological polar surface area (TPSA) is 55.4 Å². The van der Waals surface area contributed by atoms with Gasteiger partial charge >= 0.3 is 0 Å². The summed E-state index contributed by atoms with van der Waals surface area (Å²) in [5.41, 5.74) is 0. The minimum absolute atomic E-state index is 0.186. The second kappa shape index (κ2) is 7.73. The summed E-state index contributed by atoms with van der Waals surface area (Å²) < 4.78 is 29.7. The molecule has 0 saturated heterocycles. The maximum atomic E-state index is 11.1. The normalized spacial score (nSPS) is 11.8. The average molecular weight is 274 g/mol. The highest BCUT2D eigenvalue weighted by Gasteiger charge is 2.06. The molecule has 80 valence electrons. The monoisotopic (exact) mass is 273 g/mol. The van der Waals surface area contributed by atoms with E-state index in [-0.39, 0.29) is 5.75 Å². The van der Waals surface area contributed by atoms with E-state index in [1.165, 1.54) is 0 Å². The van der Waals surface area contributed by atoms with E-state index >= 15 is 0 Å². The lowest BCUT2D eigenvalue weighted by molar-refractivity contribution is 0.156. The van der Waals surface area contributed by atoms with Crippen LogP contribution in [0.2, 0.25) is 0 Å². The van der Waals surface area contributed by atoms with Crippen LogP contribution in [0.15, 0.2) is 0 Å². The van der Waals surface area contributed by atoms with Crippen LogP contribution in [0.5, 0.6) is 0 Å². The molecule has 0 bridgehead atoms. The molecular weight excluding hydrogens is 258 g/mol. The van der Waals surface area contributed by atoms with Crippen molar-refractivity contribution in [2.75, 3.05) is 30.8 Å². The second-order valence-corrected chi connectivity index (χ2v) is 5.23. The molecule has 0 fully saturated rings. The Morgan fingerprint density at radius 3 is 2.62 bits per heavy atom. The first-order valence-electron chi connectivity index (χ1n) is 4.23. The van der Waals surface area contributed by atoms with Gasteiger partial charge in [-0.15, -0.1) is 0 Å². The molecule has 0 saturated carbocycles. The van der Waals surface area contributed by atoms with Crippen LogP contribution in [0.1, 0.15) is 13.3 Å². The maximum absolute atomic E-state index is 11.1. The third-order valence-electron chi connectivity index (χ3n) is 1.26. The van der Waals surface area contributed by atoms with Gasteiger partial charge in [0.2, 0.25) is 10.0 Å². The van der Waals surface area contributed by atoms with E-state index < -0.39 is 10.0 Å². The Hall–Kier alpha value is 0.350. The molecule has 1 N–H and O–H groups in total. The third-order valence-corrected chi connectivity index (χ3v) is 3.18. The number of ether oxygens (including phenoxy) is 1. The van der Waals surface area contributed by atoms with E-state index in [4.69, 9.17) is 4.74 Å². The standard InChI is InChI=1S/C7H16BrNO3S/c1-2-7-13(10,11)9-4-6-12-5-3-8/h9H,2-7H2,1H3. The molecule has 0 radical (unpaired) electrons. The minimum Gasteiger partial charge on any atom is -0.379 e. The van der Waals surface area contributed by atoms with Gasteiger partial charge in [0.25, 0.3) is 0 Å². The molecule has 13 heavy (non-hydrogen) atoms. The molecule has 6 heteroatoms. The summed E-state index contributed by atoms with van der Waals surface area (Å²) in [7, 11) is -3.06. The van der Waals surface area contributed by atoms with Crippen molar-refractivity contribution in [3.63, 3.8) is 0 Å². The van der Waals surface area contributed by atoms with Gasteiger partial charge < -0.3 is 4.74 Å². The highest BCUT2D eigenvalue weighted by Crippen LogP contribution is 1.87. The van der Waals surface area contributed by atoms with Gasteiger partial charge in [-0.05, 0) is 6.42 Å². The molecule has 0 unspecified atom stereocenters. The van der Waals surface area contributed by atoms with Crippen molar-refractivity contribution in [3.8, 4) is 0 Å². The van der Waals surface area contributed by atoms with Crippen molar-refractivity contribution in [1.82, 2.24) is 4.72 Å². The van der Waals surface area contributed by atoms with Crippen LogP contribution in [-0.4, -0.2) is 39.3 Å². The zero-order chi connectivity index (χ0) is 10.2. The predicted molar refractivity (Wildman–Crippen MR) is 56.7 cm³/mol. The lowest BCUT2D eigenvalue weighted by Crippen LogP contribution is -2.29. The highest BCUT2D eigenvalue weighted by atomic mass is 79.9. The quantitative estimate of drug-likeness (QED) is 0.524. The maximum Gasteiger partial charge on any atom is 0.211 e. The van der Waals surface area contributed by atoms with E-state index in [1.54, 1.807) is 0 Å². The fourth-order valence-electron chi connectivity index (χ4n) is 0.767. The molecule has 0 aliphatic carbocycles. The van der Waals surface area contributed by atoms with Crippen molar-refractivity contribution in [3.05, 3.63) is 0 Å². The lowest BCUT2D eigenvalue weighted by Gasteiger charge is -2.05. The smallest absolute Gasteiger partial charge is 0.211 e. The molecule has 0 spiro atoms. The Morgan fingerprint density at radius 1 is 1.38 bits per heavy atom. The number of nitrogens with one attached hydrogen (secondary N) is 1. The average Bonchev–Trinajstić information content (AvgIpc) is 2.04. The minimum atomic E-state index is -3.06. The molecule has 0 aromatic rings. The van der Waals surface area contributed by atoms with Gasteiger partial charge in [0, 0.05) is 11.9 Å². The van der Waals surface area contributed by atoms with E-state index in [0.717, 1.165) is 5.33 Å². The summed E-state index contributed by atoms with van der Waals surface area (Å²) in [5, 5.41) is 0.773. The fraction of sp³-hybridized carbons (Fsp3) is 1.00. The van der Waals surface area contributed by atoms with Crippen LogP contribution < -0.4 is 4.72 Å². The first-order chi connectivity index (χ1) is 6.12. The number of halogens is 1. The van der Waals surface area contributed by atoms with Gasteiger partial charge in [-0.25, -0.2) is 13.1 Å². The summed E-state index contributed by atoms with van der Waals surface area (Å²) in [4.78, 5) is 0. The van der Waals surface area contributed by atoms with Gasteiger partial charge in [0.1, 0.15) is 0 Å². The van der Waals surface area contributed by atoms with Crippen molar-refractivity contribution in [1.29, 1.82) is 0 Å². The van der Waals surface area contributed by atoms with E-state index in [1.807, 2.05) is 6.92 Å². The summed E-state index contributed by atoms with van der Waals surface area (Å²) in [6.45, 7) is 3.22. The highest BCUT2D eigenvalue weighted by molar-refractivity contribution is 9.09. The van der Waals surface area contributed by atoms with Gasteiger partial charge in [-0.2, -0.15) is 0 Å². The zero-order valence-electron chi connectivity index (χ0n) is 7.75. The second-order valence-electron chi connectivity index (χ2n) is 2.51. The molecule has 0 rings (SSSR count). The summed E-state index contributed by atoms with van der Waals surface area (Å²) in [5.74, 6) is 0.186. The molecule has 0 aliphatic rings. The number of sulfonamides is 1. The van der Waals surface area contributed by atoms with Crippen molar-refractivity contribution in [2.45, 2.75) is 13.3 Å². The first-order valence-corrected chi connectivity index (χ1v) is 7.01. The number of hydrogen-bond donors (Lipinski definition) is 1. The van der Waals surface area contributed by atoms with Crippen LogP contribution >= 0.6 is 15.9 Å². The van der Waals surface area contributed by atoms with E-state index in [0.29, 0.717) is 26.2 Å². The van der Waals surface area contributed by atoms with E-state index in [9.17, 15) is 8.42 Å². The largest absolute Gasteiger partial charge is 0.379 e. The van der Waals surface area contributed by atoms with Crippen LogP contribution in [0.25, 0.3) is 0 Å². The summed E-state index contributed by atoms with van der Waals surface area (Å²) >= 11 is 3.20. The SMILES string of the molecule is CCCS(=O)(=O)NCCOCCBr. The van der Waals surface area contributed by atoms with Gasteiger partial charge in [-0.3, -0.25) is 0 Å². The van der Waals surface area contributed by atoms with Crippen molar-refractivity contribution >= 4 is 26.0 Å². The molecule has 0 aromatic carbocycles. The Bertz CT molecular complexity index is 206. The summed E-state index contributed by atoms with van der Waals surface area (Å²) in [6, 6.07) is 0. The first kappa shape index (κ1) is 13.4. The molecule has 0 aliphatic heterocycles. The van der Waals surface area contributed by atoms with Crippen LogP contribution in [0.4, 0.5) is 0 Å². The molecule has 0 amide bonds. The third kappa shape index (κ3) is 8.67. The number of alkyl halides is 1. The number of rotatable bonds is 8. The number of hydrogen-bond acceptors (Lipinski definition) is 3. The summed E-state index contributed by atoms with van der Waals surface area (Å²) in [6.07, 6.45) is 0.636. The zero-order valence-corrected chi connectivity index (χ0v) is 10.2. The molecule has 0 heterocycles. The Balaban J connectivity index is 3.41. The fourth-order valence-corrected chi connectivity index (χ4v) is 2.07. The predicted octanol–water partition coefficient (Wildman–Crippen LogP) is 0.727. The van der Waals surface area contributed by atoms with Gasteiger partial charge in [0.05, 0.1) is 19.0 Å². The lowest BCUT2D eigenvalue weighted by atomic mass is 10.6. The van der Waals surface area contributed by atoms with Gasteiger partial charge in [0.15, 0.2) is 0 Å².